The number of nitrogens with one attached hydrogen (secondary N) is 1. The van der Waals surface area contributed by atoms with Gasteiger partial charge < -0.3 is 11.1 Å². The Morgan fingerprint density at radius 2 is 1.88 bits per heavy atom. The predicted molar refractivity (Wildman–Crippen MR) is 97.4 cm³/mol. The summed E-state index contributed by atoms with van der Waals surface area (Å²) in [7, 11) is 0. The number of hydrogen-bond acceptors (Lipinski definition) is 5. The maximum absolute atomic E-state index is 12.0. The molecule has 2 rings (SSSR count). The van der Waals surface area contributed by atoms with Crippen molar-refractivity contribution in [2.75, 3.05) is 11.1 Å². The van der Waals surface area contributed by atoms with Gasteiger partial charge in [-0.15, -0.1) is 11.8 Å². The van der Waals surface area contributed by atoms with Crippen LogP contribution in [0.15, 0.2) is 41.3 Å². The highest BCUT2D eigenvalue weighted by Crippen LogP contribution is 2.30. The summed E-state index contributed by atoms with van der Waals surface area (Å²) in [5.74, 6) is -1.22. The molecule has 2 aromatic carbocycles. The number of halogens is 2. The van der Waals surface area contributed by atoms with E-state index in [0.717, 1.165) is 17.8 Å². The minimum atomic E-state index is -0.767. The van der Waals surface area contributed by atoms with Gasteiger partial charge in [0, 0.05) is 17.3 Å². The van der Waals surface area contributed by atoms with Gasteiger partial charge in [0.1, 0.15) is 0 Å². The molecular weight excluding hydrogens is 389 g/mol. The molecule has 0 aromatic heterocycles. The number of hydrogen-bond donors (Lipinski definition) is 2. The van der Waals surface area contributed by atoms with Crippen LogP contribution in [-0.4, -0.2) is 22.5 Å². The summed E-state index contributed by atoms with van der Waals surface area (Å²) in [6.07, 6.45) is 0. The SMILES string of the molecule is NC(=O)c1ccc(SCC(=O)Nc2ccc(Cl)c(Cl)c2)c([N+](=O)[O-])c1. The Balaban J connectivity index is 2.07. The number of carbonyl (C=O) groups excluding carboxylic acids is 2. The highest BCUT2D eigenvalue weighted by Gasteiger charge is 2.18. The third kappa shape index (κ3) is 5.09. The number of nitrogens with zero attached hydrogens (tertiary/aromatic N) is 1. The maximum Gasteiger partial charge on any atom is 0.283 e. The van der Waals surface area contributed by atoms with Crippen LogP contribution >= 0.6 is 35.0 Å². The van der Waals surface area contributed by atoms with Gasteiger partial charge >= 0.3 is 0 Å². The molecule has 0 aliphatic rings. The molecule has 25 heavy (non-hydrogen) atoms. The molecule has 7 nitrogen and oxygen atoms in total. The minimum Gasteiger partial charge on any atom is -0.366 e. The van der Waals surface area contributed by atoms with E-state index in [1.807, 2.05) is 0 Å². The number of rotatable bonds is 6. The van der Waals surface area contributed by atoms with E-state index in [1.54, 1.807) is 12.1 Å². The fraction of sp³-hybridized carbons (Fsp3) is 0.0667. The zero-order valence-corrected chi connectivity index (χ0v) is 14.8. The van der Waals surface area contributed by atoms with E-state index < -0.39 is 10.8 Å². The van der Waals surface area contributed by atoms with Gasteiger partial charge in [-0.1, -0.05) is 23.2 Å². The Bertz CT molecular complexity index is 861. The first kappa shape index (κ1) is 19.0. The van der Waals surface area contributed by atoms with Gasteiger partial charge in [0.25, 0.3) is 5.69 Å². The van der Waals surface area contributed by atoms with Crippen molar-refractivity contribution in [3.8, 4) is 0 Å². The lowest BCUT2D eigenvalue weighted by atomic mass is 10.2. The highest BCUT2D eigenvalue weighted by atomic mass is 35.5. The molecule has 0 radical (unpaired) electrons. The van der Waals surface area contributed by atoms with Crippen molar-refractivity contribution in [2.24, 2.45) is 5.73 Å². The number of carbonyl (C=O) groups is 2. The van der Waals surface area contributed by atoms with Crippen molar-refractivity contribution in [1.29, 1.82) is 0 Å². The second-order valence-corrected chi connectivity index (χ2v) is 6.60. The van der Waals surface area contributed by atoms with E-state index in [1.165, 1.54) is 18.2 Å². The van der Waals surface area contributed by atoms with Gasteiger partial charge in [0.2, 0.25) is 11.8 Å². The number of primary amides is 1. The molecule has 130 valence electrons. The van der Waals surface area contributed by atoms with Gasteiger partial charge in [-0.2, -0.15) is 0 Å². The third-order valence-electron chi connectivity index (χ3n) is 3.00. The molecule has 0 heterocycles. The molecule has 0 unspecified atom stereocenters. The van der Waals surface area contributed by atoms with Crippen molar-refractivity contribution < 1.29 is 14.5 Å². The lowest BCUT2D eigenvalue weighted by Gasteiger charge is -2.07. The van der Waals surface area contributed by atoms with E-state index in [0.29, 0.717) is 15.7 Å². The summed E-state index contributed by atoms with van der Waals surface area (Å²) in [6.45, 7) is 0. The van der Waals surface area contributed by atoms with E-state index in [2.05, 4.69) is 5.32 Å². The van der Waals surface area contributed by atoms with Crippen molar-refractivity contribution in [2.45, 2.75) is 4.90 Å². The first-order chi connectivity index (χ1) is 11.8. The van der Waals surface area contributed by atoms with Crippen molar-refractivity contribution in [3.05, 3.63) is 62.1 Å². The second kappa shape index (κ2) is 8.19. The Hall–Kier alpha value is -2.29. The molecule has 2 amide bonds. The van der Waals surface area contributed by atoms with Crippen LogP contribution in [0.4, 0.5) is 11.4 Å². The van der Waals surface area contributed by atoms with Gasteiger partial charge in [0.05, 0.1) is 25.6 Å². The molecule has 0 saturated carbocycles. The number of amides is 2. The van der Waals surface area contributed by atoms with Crippen LogP contribution in [0.2, 0.25) is 10.0 Å². The lowest BCUT2D eigenvalue weighted by Crippen LogP contribution is -2.14. The van der Waals surface area contributed by atoms with Gasteiger partial charge in [-0.25, -0.2) is 0 Å². The first-order valence-corrected chi connectivity index (χ1v) is 8.48. The molecule has 0 aliphatic heterocycles. The van der Waals surface area contributed by atoms with E-state index in [9.17, 15) is 19.7 Å². The van der Waals surface area contributed by atoms with Crippen molar-refractivity contribution in [3.63, 3.8) is 0 Å². The molecule has 2 aromatic rings. The topological polar surface area (TPSA) is 115 Å². The van der Waals surface area contributed by atoms with Crippen molar-refractivity contribution in [1.82, 2.24) is 0 Å². The fourth-order valence-corrected chi connectivity index (χ4v) is 2.95. The van der Waals surface area contributed by atoms with Gasteiger partial charge in [0.15, 0.2) is 0 Å². The normalized spacial score (nSPS) is 10.3. The van der Waals surface area contributed by atoms with E-state index in [4.69, 9.17) is 28.9 Å². The lowest BCUT2D eigenvalue weighted by molar-refractivity contribution is -0.387. The predicted octanol–water partition coefficient (Wildman–Crippen LogP) is 3.73. The fourth-order valence-electron chi connectivity index (χ4n) is 1.85. The summed E-state index contributed by atoms with van der Waals surface area (Å²) in [6, 6.07) is 8.46. The zero-order valence-electron chi connectivity index (χ0n) is 12.5. The van der Waals surface area contributed by atoms with Gasteiger partial charge in [-0.3, -0.25) is 19.7 Å². The summed E-state index contributed by atoms with van der Waals surface area (Å²) >= 11 is 12.6. The number of benzene rings is 2. The number of nitro benzene ring substituents is 1. The third-order valence-corrected chi connectivity index (χ3v) is 4.80. The van der Waals surface area contributed by atoms with E-state index >= 15 is 0 Å². The second-order valence-electron chi connectivity index (χ2n) is 4.77. The quantitative estimate of drug-likeness (QED) is 0.436. The molecule has 0 spiro atoms. The zero-order chi connectivity index (χ0) is 18.6. The molecule has 0 bridgehead atoms. The molecule has 3 N–H and O–H groups in total. The summed E-state index contributed by atoms with van der Waals surface area (Å²) in [4.78, 5) is 33.8. The Morgan fingerprint density at radius 3 is 2.48 bits per heavy atom. The summed E-state index contributed by atoms with van der Waals surface area (Å²) < 4.78 is 0. The average Bonchev–Trinajstić information content (AvgIpc) is 2.56. The van der Waals surface area contributed by atoms with E-state index in [-0.39, 0.29) is 27.8 Å². The first-order valence-electron chi connectivity index (χ1n) is 6.74. The van der Waals surface area contributed by atoms with Crippen LogP contribution in [0.1, 0.15) is 10.4 Å². The Kier molecular flexibility index (Phi) is 6.24. The molecule has 0 atom stereocenters. The van der Waals surface area contributed by atoms with Crippen LogP contribution in [0, 0.1) is 10.1 Å². The molecule has 0 fully saturated rings. The Morgan fingerprint density at radius 1 is 1.16 bits per heavy atom. The number of anilines is 1. The molecule has 0 saturated heterocycles. The monoisotopic (exact) mass is 399 g/mol. The smallest absolute Gasteiger partial charge is 0.283 e. The van der Waals surface area contributed by atoms with Crippen LogP contribution in [0.5, 0.6) is 0 Å². The number of thioether (sulfide) groups is 1. The van der Waals surface area contributed by atoms with Crippen LogP contribution in [-0.2, 0) is 4.79 Å². The number of nitrogens with two attached hydrogens (primary N) is 1. The maximum atomic E-state index is 12.0. The minimum absolute atomic E-state index is 0.0244. The molecule has 10 heteroatoms. The summed E-state index contributed by atoms with van der Waals surface area (Å²) in [5, 5.41) is 14.4. The molecular formula is C15H11Cl2N3O4S. The van der Waals surface area contributed by atoms with Crippen LogP contribution in [0.3, 0.4) is 0 Å². The van der Waals surface area contributed by atoms with Crippen LogP contribution in [0.25, 0.3) is 0 Å². The van der Waals surface area contributed by atoms with Crippen LogP contribution < -0.4 is 11.1 Å². The number of nitro groups is 1. The highest BCUT2D eigenvalue weighted by molar-refractivity contribution is 8.00. The average molecular weight is 400 g/mol. The largest absolute Gasteiger partial charge is 0.366 e. The Labute approximate surface area is 156 Å². The van der Waals surface area contributed by atoms with Gasteiger partial charge in [-0.05, 0) is 30.3 Å². The standard InChI is InChI=1S/C15H11Cl2N3O4S/c16-10-3-2-9(6-11(10)17)19-14(21)7-25-13-4-1-8(15(18)22)5-12(13)20(23)24/h1-6H,7H2,(H2,18,22)(H,19,21). The molecule has 0 aliphatic carbocycles. The van der Waals surface area contributed by atoms with Crippen molar-refractivity contribution >= 4 is 58.2 Å². The summed E-state index contributed by atoms with van der Waals surface area (Å²) in [5.41, 5.74) is 5.30.